The molecule has 0 bridgehead atoms. The maximum atomic E-state index is 13.0. The van der Waals surface area contributed by atoms with Crippen LogP contribution in [0.3, 0.4) is 0 Å². The van der Waals surface area contributed by atoms with Crippen LogP contribution in [-0.2, 0) is 16.1 Å². The van der Waals surface area contributed by atoms with Crippen molar-refractivity contribution in [3.05, 3.63) is 77.6 Å². The Bertz CT molecular complexity index is 825. The minimum Gasteiger partial charge on any atom is -0.341 e. The predicted molar refractivity (Wildman–Crippen MR) is 108 cm³/mol. The van der Waals surface area contributed by atoms with E-state index in [0.717, 1.165) is 11.1 Å². The van der Waals surface area contributed by atoms with Crippen molar-refractivity contribution in [3.63, 3.8) is 0 Å². The zero-order chi connectivity index (χ0) is 19.9. The van der Waals surface area contributed by atoms with E-state index in [1.807, 2.05) is 36.4 Å². The Morgan fingerprint density at radius 2 is 1.71 bits per heavy atom. The SMILES string of the molecule is CN(Cc1ccc(F)cc1)C(=O)C1CCN(C(=O)/C=C/c2ccccc2)CC1. The van der Waals surface area contributed by atoms with Gasteiger partial charge in [0.1, 0.15) is 5.82 Å². The smallest absolute Gasteiger partial charge is 0.246 e. The van der Waals surface area contributed by atoms with Crippen LogP contribution < -0.4 is 0 Å². The summed E-state index contributed by atoms with van der Waals surface area (Å²) in [7, 11) is 1.77. The minimum atomic E-state index is -0.281. The number of benzene rings is 2. The Morgan fingerprint density at radius 3 is 2.36 bits per heavy atom. The number of amides is 2. The van der Waals surface area contributed by atoms with E-state index in [-0.39, 0.29) is 23.5 Å². The maximum Gasteiger partial charge on any atom is 0.246 e. The van der Waals surface area contributed by atoms with Gasteiger partial charge >= 0.3 is 0 Å². The Morgan fingerprint density at radius 1 is 1.07 bits per heavy atom. The summed E-state index contributed by atoms with van der Waals surface area (Å²) in [6, 6.07) is 15.9. The normalized spacial score (nSPS) is 15.0. The van der Waals surface area contributed by atoms with Gasteiger partial charge in [0, 0.05) is 38.7 Å². The number of nitrogens with zero attached hydrogens (tertiary/aromatic N) is 2. The number of halogens is 1. The summed E-state index contributed by atoms with van der Waals surface area (Å²) >= 11 is 0. The molecule has 4 nitrogen and oxygen atoms in total. The second-order valence-corrected chi connectivity index (χ2v) is 7.16. The molecule has 2 aromatic carbocycles. The van der Waals surface area contributed by atoms with Crippen molar-refractivity contribution in [3.8, 4) is 0 Å². The van der Waals surface area contributed by atoms with Crippen LogP contribution in [0.1, 0.15) is 24.0 Å². The van der Waals surface area contributed by atoms with Gasteiger partial charge < -0.3 is 9.80 Å². The van der Waals surface area contributed by atoms with Gasteiger partial charge in [-0.05, 0) is 42.2 Å². The zero-order valence-corrected chi connectivity index (χ0v) is 16.1. The molecule has 0 atom stereocenters. The second-order valence-electron chi connectivity index (χ2n) is 7.16. The third kappa shape index (κ3) is 5.28. The molecular weight excluding hydrogens is 355 g/mol. The Kier molecular flexibility index (Phi) is 6.58. The number of carbonyl (C=O) groups excluding carboxylic acids is 2. The first-order valence-electron chi connectivity index (χ1n) is 9.54. The lowest BCUT2D eigenvalue weighted by Gasteiger charge is -2.32. The van der Waals surface area contributed by atoms with E-state index in [0.29, 0.717) is 32.5 Å². The summed E-state index contributed by atoms with van der Waals surface area (Å²) in [5.74, 6) is -0.297. The van der Waals surface area contributed by atoms with Crippen molar-refractivity contribution in [2.24, 2.45) is 5.92 Å². The van der Waals surface area contributed by atoms with E-state index >= 15 is 0 Å². The largest absolute Gasteiger partial charge is 0.341 e. The van der Waals surface area contributed by atoms with Crippen molar-refractivity contribution in [1.29, 1.82) is 0 Å². The third-order valence-electron chi connectivity index (χ3n) is 5.08. The third-order valence-corrected chi connectivity index (χ3v) is 5.08. The molecule has 146 valence electrons. The van der Waals surface area contributed by atoms with Crippen LogP contribution in [0, 0.1) is 11.7 Å². The summed E-state index contributed by atoms with van der Waals surface area (Å²) in [6.07, 6.45) is 4.74. The average Bonchev–Trinajstić information content (AvgIpc) is 2.74. The fourth-order valence-corrected chi connectivity index (χ4v) is 3.44. The quantitative estimate of drug-likeness (QED) is 0.742. The predicted octanol–water partition coefficient (Wildman–Crippen LogP) is 3.74. The molecule has 0 N–H and O–H groups in total. The molecule has 3 rings (SSSR count). The van der Waals surface area contributed by atoms with Gasteiger partial charge in [0.15, 0.2) is 0 Å². The zero-order valence-electron chi connectivity index (χ0n) is 16.1. The van der Waals surface area contributed by atoms with Gasteiger partial charge in [0.2, 0.25) is 11.8 Å². The molecule has 0 saturated carbocycles. The number of carbonyl (C=O) groups is 2. The van der Waals surface area contributed by atoms with Crippen LogP contribution >= 0.6 is 0 Å². The molecule has 0 unspecified atom stereocenters. The molecule has 1 heterocycles. The van der Waals surface area contributed by atoms with Gasteiger partial charge in [-0.2, -0.15) is 0 Å². The second kappa shape index (κ2) is 9.31. The Hall–Kier alpha value is -2.95. The summed E-state index contributed by atoms with van der Waals surface area (Å²) in [5.41, 5.74) is 1.89. The number of hydrogen-bond acceptors (Lipinski definition) is 2. The minimum absolute atomic E-state index is 0.0191. The lowest BCUT2D eigenvalue weighted by Crippen LogP contribution is -2.42. The average molecular weight is 380 g/mol. The van der Waals surface area contributed by atoms with Gasteiger partial charge in [-0.1, -0.05) is 42.5 Å². The highest BCUT2D eigenvalue weighted by Crippen LogP contribution is 2.21. The van der Waals surface area contributed by atoms with E-state index in [9.17, 15) is 14.0 Å². The first kappa shape index (κ1) is 19.8. The van der Waals surface area contributed by atoms with Gasteiger partial charge in [0.05, 0.1) is 0 Å². The molecule has 28 heavy (non-hydrogen) atoms. The summed E-state index contributed by atoms with van der Waals surface area (Å²) in [5, 5.41) is 0. The van der Waals surface area contributed by atoms with Gasteiger partial charge in [-0.3, -0.25) is 9.59 Å². The van der Waals surface area contributed by atoms with Crippen molar-refractivity contribution in [2.75, 3.05) is 20.1 Å². The monoisotopic (exact) mass is 380 g/mol. The Labute approximate surface area is 165 Å². The highest BCUT2D eigenvalue weighted by atomic mass is 19.1. The summed E-state index contributed by atoms with van der Waals surface area (Å²) in [6.45, 7) is 1.62. The lowest BCUT2D eigenvalue weighted by atomic mass is 9.95. The van der Waals surface area contributed by atoms with E-state index < -0.39 is 0 Å². The molecule has 0 aromatic heterocycles. The first-order valence-corrected chi connectivity index (χ1v) is 9.54. The summed E-state index contributed by atoms with van der Waals surface area (Å²) < 4.78 is 13.0. The van der Waals surface area contributed by atoms with E-state index in [2.05, 4.69) is 0 Å². The van der Waals surface area contributed by atoms with Crippen molar-refractivity contribution in [1.82, 2.24) is 9.80 Å². The lowest BCUT2D eigenvalue weighted by molar-refractivity contribution is -0.138. The molecule has 0 radical (unpaired) electrons. The van der Waals surface area contributed by atoms with E-state index in [1.165, 1.54) is 12.1 Å². The van der Waals surface area contributed by atoms with Crippen LogP contribution in [0.2, 0.25) is 0 Å². The molecular formula is C23H25FN2O2. The number of rotatable bonds is 5. The van der Waals surface area contributed by atoms with Crippen molar-refractivity contribution in [2.45, 2.75) is 19.4 Å². The maximum absolute atomic E-state index is 13.0. The van der Waals surface area contributed by atoms with E-state index in [4.69, 9.17) is 0 Å². The van der Waals surface area contributed by atoms with Gasteiger partial charge in [0.25, 0.3) is 0 Å². The van der Waals surface area contributed by atoms with Crippen LogP contribution in [-0.4, -0.2) is 41.8 Å². The molecule has 1 saturated heterocycles. The van der Waals surface area contributed by atoms with Crippen LogP contribution in [0.15, 0.2) is 60.7 Å². The molecule has 2 aromatic rings. The topological polar surface area (TPSA) is 40.6 Å². The standard InChI is InChI=1S/C23H25FN2O2/c1-25(17-19-7-10-21(24)11-8-19)23(28)20-13-15-26(16-14-20)22(27)12-9-18-5-3-2-4-6-18/h2-12,20H,13-17H2,1H3/b12-9+. The molecule has 2 amide bonds. The van der Waals surface area contributed by atoms with Gasteiger partial charge in [-0.15, -0.1) is 0 Å². The van der Waals surface area contributed by atoms with Gasteiger partial charge in [-0.25, -0.2) is 4.39 Å². The fraction of sp³-hybridized carbons (Fsp3) is 0.304. The van der Waals surface area contributed by atoms with Crippen LogP contribution in [0.4, 0.5) is 4.39 Å². The van der Waals surface area contributed by atoms with Crippen molar-refractivity contribution >= 4 is 17.9 Å². The molecule has 1 fully saturated rings. The molecule has 1 aliphatic heterocycles. The molecule has 0 spiro atoms. The Balaban J connectivity index is 1.48. The first-order chi connectivity index (χ1) is 13.5. The van der Waals surface area contributed by atoms with E-state index in [1.54, 1.807) is 35.1 Å². The number of piperidine rings is 1. The highest BCUT2D eigenvalue weighted by molar-refractivity contribution is 5.92. The fourth-order valence-electron chi connectivity index (χ4n) is 3.44. The summed E-state index contributed by atoms with van der Waals surface area (Å²) in [4.78, 5) is 28.5. The molecule has 1 aliphatic rings. The highest BCUT2D eigenvalue weighted by Gasteiger charge is 2.28. The molecule has 5 heteroatoms. The number of likely N-dealkylation sites (tertiary alicyclic amines) is 1. The van der Waals surface area contributed by atoms with Crippen LogP contribution in [0.5, 0.6) is 0 Å². The van der Waals surface area contributed by atoms with Crippen LogP contribution in [0.25, 0.3) is 6.08 Å². The number of hydrogen-bond donors (Lipinski definition) is 0. The molecule has 0 aliphatic carbocycles. The van der Waals surface area contributed by atoms with Crippen molar-refractivity contribution < 1.29 is 14.0 Å².